The van der Waals surface area contributed by atoms with E-state index in [1.54, 1.807) is 20.4 Å². The number of oxime groups is 1. The fourth-order valence-corrected chi connectivity index (χ4v) is 8.76. The van der Waals surface area contributed by atoms with E-state index in [4.69, 9.17) is 9.57 Å². The molecule has 3 aliphatic carbocycles. The maximum Gasteiger partial charge on any atom is 0.325 e. The maximum atomic E-state index is 12.9. The van der Waals surface area contributed by atoms with Gasteiger partial charge in [-0.25, -0.2) is 4.98 Å². The summed E-state index contributed by atoms with van der Waals surface area (Å²) in [4.78, 5) is 36.1. The van der Waals surface area contributed by atoms with Crippen molar-refractivity contribution in [1.29, 1.82) is 0 Å². The van der Waals surface area contributed by atoms with E-state index in [1.807, 2.05) is 6.92 Å². The van der Waals surface area contributed by atoms with Crippen LogP contribution in [0.25, 0.3) is 0 Å². The summed E-state index contributed by atoms with van der Waals surface area (Å²) in [5.74, 6) is 2.19. The van der Waals surface area contributed by atoms with Crippen LogP contribution in [0.15, 0.2) is 23.5 Å². The zero-order valence-corrected chi connectivity index (χ0v) is 27.0. The predicted octanol–water partition coefficient (Wildman–Crippen LogP) is 6.38. The van der Waals surface area contributed by atoms with Crippen molar-refractivity contribution in [3.05, 3.63) is 39.9 Å². The van der Waals surface area contributed by atoms with Crippen molar-refractivity contribution in [2.45, 2.75) is 90.9 Å². The van der Waals surface area contributed by atoms with Crippen molar-refractivity contribution >= 4 is 34.1 Å². The molecule has 1 aromatic heterocycles. The third-order valence-electron chi connectivity index (χ3n) is 9.86. The van der Waals surface area contributed by atoms with E-state index < -0.39 is 0 Å². The first-order chi connectivity index (χ1) is 19.9. The molecule has 1 heterocycles. The van der Waals surface area contributed by atoms with Gasteiger partial charge in [0.15, 0.2) is 5.13 Å². The zero-order chi connectivity index (χ0) is 30.2. The number of carbonyl (C=O) groups is 2. The molecule has 0 saturated heterocycles. The van der Waals surface area contributed by atoms with Gasteiger partial charge in [-0.1, -0.05) is 38.9 Å². The van der Waals surface area contributed by atoms with Crippen molar-refractivity contribution in [3.8, 4) is 5.75 Å². The minimum atomic E-state index is -0.266. The molecule has 9 heteroatoms. The fraction of sp³-hybridized carbons (Fsp3) is 0.636. The van der Waals surface area contributed by atoms with Gasteiger partial charge in [-0.2, -0.15) is 0 Å². The third kappa shape index (κ3) is 6.00. The Kier molecular flexibility index (Phi) is 8.82. The van der Waals surface area contributed by atoms with Crippen LogP contribution in [0.4, 0.5) is 5.13 Å². The average molecular weight is 595 g/mol. The molecule has 1 aromatic carbocycles. The Bertz CT molecular complexity index is 1360. The molecule has 3 unspecified atom stereocenters. The summed E-state index contributed by atoms with van der Waals surface area (Å²) in [6, 6.07) is 4.48. The normalized spacial score (nSPS) is 27.6. The van der Waals surface area contributed by atoms with Gasteiger partial charge < -0.3 is 20.2 Å². The minimum Gasteiger partial charge on any atom is -0.425 e. The molecule has 8 nitrogen and oxygen atoms in total. The molecule has 228 valence electrons. The Morgan fingerprint density at radius 2 is 2.02 bits per heavy atom. The van der Waals surface area contributed by atoms with Crippen molar-refractivity contribution in [2.75, 3.05) is 26.0 Å². The molecular formula is C33H46N4O4S. The number of aromatic nitrogens is 1. The van der Waals surface area contributed by atoms with Crippen molar-refractivity contribution < 1.29 is 19.2 Å². The van der Waals surface area contributed by atoms with Crippen LogP contribution < -0.4 is 15.4 Å². The van der Waals surface area contributed by atoms with E-state index in [1.165, 1.54) is 22.5 Å². The summed E-state index contributed by atoms with van der Waals surface area (Å²) in [5.41, 5.74) is 4.76. The highest BCUT2D eigenvalue weighted by Gasteiger charge is 2.57. The first-order valence-corrected chi connectivity index (χ1v) is 16.1. The lowest BCUT2D eigenvalue weighted by molar-refractivity contribution is -0.133. The number of esters is 1. The number of thiazole rings is 1. The highest BCUT2D eigenvalue weighted by Crippen LogP contribution is 2.63. The lowest BCUT2D eigenvalue weighted by Crippen LogP contribution is -2.44. The van der Waals surface area contributed by atoms with E-state index in [0.717, 1.165) is 54.7 Å². The summed E-state index contributed by atoms with van der Waals surface area (Å²) in [6.45, 7) is 11.1. The van der Waals surface area contributed by atoms with Crippen LogP contribution in [0, 0.1) is 30.1 Å². The van der Waals surface area contributed by atoms with Gasteiger partial charge in [0.2, 0.25) is 5.91 Å². The quantitative estimate of drug-likeness (QED) is 0.209. The average Bonchev–Trinajstić information content (AvgIpc) is 3.46. The van der Waals surface area contributed by atoms with Gasteiger partial charge in [0.25, 0.3) is 0 Å². The Morgan fingerprint density at radius 1 is 1.24 bits per heavy atom. The monoisotopic (exact) mass is 594 g/mol. The second-order valence-corrected chi connectivity index (χ2v) is 14.9. The second-order valence-electron chi connectivity index (χ2n) is 13.6. The van der Waals surface area contributed by atoms with Crippen LogP contribution in [0.3, 0.4) is 0 Å². The summed E-state index contributed by atoms with van der Waals surface area (Å²) in [5, 5.41) is 11.1. The molecule has 42 heavy (non-hydrogen) atoms. The molecule has 1 amide bonds. The number of carbonyl (C=O) groups excluding carboxylic acids is 2. The number of amides is 1. The zero-order valence-electron chi connectivity index (χ0n) is 26.1. The highest BCUT2D eigenvalue weighted by atomic mass is 32.1. The van der Waals surface area contributed by atoms with Crippen LogP contribution in [-0.4, -0.2) is 43.3 Å². The molecule has 2 fully saturated rings. The van der Waals surface area contributed by atoms with Crippen molar-refractivity contribution in [1.82, 2.24) is 10.3 Å². The van der Waals surface area contributed by atoms with Gasteiger partial charge in [-0.3, -0.25) is 9.59 Å². The van der Waals surface area contributed by atoms with Gasteiger partial charge >= 0.3 is 5.97 Å². The highest BCUT2D eigenvalue weighted by molar-refractivity contribution is 7.15. The lowest BCUT2D eigenvalue weighted by atomic mass is 9.53. The molecular weight excluding hydrogens is 548 g/mol. The number of hydrogen-bond donors (Lipinski definition) is 2. The van der Waals surface area contributed by atoms with Gasteiger partial charge in [-0.15, -0.1) is 11.3 Å². The number of ether oxygens (including phenoxy) is 1. The molecule has 2 aromatic rings. The second kappa shape index (κ2) is 12.1. The molecule has 0 aliphatic heterocycles. The standard InChI is InChI=1S/C33H46N4O4S/c1-19-17-35-31(42-19)36-28(38)11-9-21-15-27(37-40-7)33(5)13-12-22-23(30(21)33)10-8-20-14-26(41-29(39)18-34-6)25(16-24(20)22)32(2,3)4/h14,16-17,21-23,30,34H,8-13,15,18H2,1-7H3,(H,35,36,38)/b37-27+/t21-,22?,23?,30?,33-/m1/s1. The van der Waals surface area contributed by atoms with E-state index in [0.29, 0.717) is 41.0 Å². The number of nitrogens with zero attached hydrogens (tertiary/aromatic N) is 2. The van der Waals surface area contributed by atoms with Gasteiger partial charge in [-0.05, 0) is 98.8 Å². The summed E-state index contributed by atoms with van der Waals surface area (Å²) in [6.07, 6.45) is 8.14. The number of likely N-dealkylation sites (N-methyl/N-ethyl adjacent to an activating group) is 1. The van der Waals surface area contributed by atoms with Crippen molar-refractivity contribution in [2.24, 2.45) is 28.3 Å². The van der Waals surface area contributed by atoms with Crippen LogP contribution in [0.5, 0.6) is 5.75 Å². The number of fused-ring (bicyclic) bond motifs is 5. The Labute approximate surface area is 254 Å². The van der Waals surface area contributed by atoms with Crippen molar-refractivity contribution in [3.63, 3.8) is 0 Å². The van der Waals surface area contributed by atoms with Gasteiger partial charge in [0.1, 0.15) is 12.9 Å². The number of rotatable bonds is 8. The first kappa shape index (κ1) is 30.7. The number of anilines is 1. The van der Waals surface area contributed by atoms with Crippen LogP contribution in [0.2, 0.25) is 0 Å². The molecule has 5 rings (SSSR count). The van der Waals surface area contributed by atoms with Crippen LogP contribution in [-0.2, 0) is 26.3 Å². The predicted molar refractivity (Wildman–Crippen MR) is 167 cm³/mol. The number of aryl methyl sites for hydroxylation is 2. The van der Waals surface area contributed by atoms with Gasteiger partial charge in [0, 0.05) is 28.5 Å². The fourth-order valence-electron chi connectivity index (χ4n) is 8.08. The Balaban J connectivity index is 1.43. The lowest BCUT2D eigenvalue weighted by Gasteiger charge is -2.50. The summed E-state index contributed by atoms with van der Waals surface area (Å²) < 4.78 is 5.88. The molecule has 3 aliphatic rings. The van der Waals surface area contributed by atoms with E-state index >= 15 is 0 Å². The Morgan fingerprint density at radius 3 is 2.69 bits per heavy atom. The number of nitrogens with one attached hydrogen (secondary N) is 2. The van der Waals surface area contributed by atoms with Crippen LogP contribution >= 0.6 is 11.3 Å². The molecule has 2 N–H and O–H groups in total. The minimum absolute atomic E-state index is 0.0275. The summed E-state index contributed by atoms with van der Waals surface area (Å²) >= 11 is 1.51. The smallest absolute Gasteiger partial charge is 0.325 e. The summed E-state index contributed by atoms with van der Waals surface area (Å²) in [7, 11) is 3.39. The van der Waals surface area contributed by atoms with Gasteiger partial charge in [0.05, 0.1) is 12.3 Å². The number of benzene rings is 1. The third-order valence-corrected chi connectivity index (χ3v) is 10.7. The molecule has 2 saturated carbocycles. The molecule has 0 bridgehead atoms. The molecule has 0 radical (unpaired) electrons. The van der Waals surface area contributed by atoms with E-state index in [2.05, 4.69) is 60.6 Å². The number of hydrogen-bond acceptors (Lipinski definition) is 8. The topological polar surface area (TPSA) is 102 Å². The molecule has 0 spiro atoms. The molecule has 5 atom stereocenters. The maximum absolute atomic E-state index is 12.9. The SMILES string of the molecule is CNCC(=O)Oc1cc2c(cc1C(C)(C)C)C1CC[C@]3(C)/C(=N/OC)C[C@@H](CCC(=O)Nc4ncc(C)s4)C3C1CC2. The first-order valence-electron chi connectivity index (χ1n) is 15.3. The van der Waals surface area contributed by atoms with E-state index in [-0.39, 0.29) is 29.3 Å². The van der Waals surface area contributed by atoms with Crippen LogP contribution in [0.1, 0.15) is 93.7 Å². The Hall–Kier alpha value is -2.78. The largest absolute Gasteiger partial charge is 0.425 e. The van der Waals surface area contributed by atoms with E-state index in [9.17, 15) is 9.59 Å².